The molecule has 1 aromatic heterocycles. The highest BCUT2D eigenvalue weighted by atomic mass is 35.5. The Morgan fingerprint density at radius 2 is 2.06 bits per heavy atom. The second-order valence-electron chi connectivity index (χ2n) is 7.22. The number of ether oxygens (including phenoxy) is 3. The van der Waals surface area contributed by atoms with Crippen molar-refractivity contribution in [3.63, 3.8) is 0 Å². The first-order valence-electron chi connectivity index (χ1n) is 9.72. The van der Waals surface area contributed by atoms with Gasteiger partial charge in [-0.25, -0.2) is 4.79 Å². The van der Waals surface area contributed by atoms with Crippen molar-refractivity contribution in [2.24, 2.45) is 0 Å². The van der Waals surface area contributed by atoms with Crippen molar-refractivity contribution in [1.82, 2.24) is 0 Å². The number of anilines is 1. The lowest BCUT2D eigenvalue weighted by atomic mass is 9.88. The van der Waals surface area contributed by atoms with Gasteiger partial charge in [0.15, 0.2) is 11.5 Å². The Morgan fingerprint density at radius 3 is 2.78 bits per heavy atom. The Bertz CT molecular complexity index is 1240. The van der Waals surface area contributed by atoms with E-state index in [1.54, 1.807) is 43.3 Å². The first kappa shape index (κ1) is 21.6. The van der Waals surface area contributed by atoms with Gasteiger partial charge < -0.3 is 29.1 Å². The molecule has 9 heteroatoms. The highest BCUT2D eigenvalue weighted by Gasteiger charge is 2.29. The molecule has 1 aliphatic rings. The van der Waals surface area contributed by atoms with Crippen LogP contribution in [0.2, 0.25) is 5.02 Å². The van der Waals surface area contributed by atoms with Crippen LogP contribution in [-0.2, 0) is 4.79 Å². The average Bonchev–Trinajstić information content (AvgIpc) is 3.20. The van der Waals surface area contributed by atoms with Gasteiger partial charge in [0.1, 0.15) is 11.5 Å². The number of fused-ring (bicyclic) bond motifs is 1. The lowest BCUT2D eigenvalue weighted by Crippen LogP contribution is -2.21. The number of nitrogens with one attached hydrogen (secondary N) is 1. The van der Waals surface area contributed by atoms with E-state index in [-0.39, 0.29) is 30.3 Å². The van der Waals surface area contributed by atoms with Crippen molar-refractivity contribution in [3.05, 3.63) is 74.8 Å². The molecule has 0 radical (unpaired) electrons. The van der Waals surface area contributed by atoms with Crippen LogP contribution in [0.15, 0.2) is 51.7 Å². The zero-order valence-corrected chi connectivity index (χ0v) is 18.1. The molecule has 0 saturated heterocycles. The normalized spacial score (nSPS) is 13.0. The SMILES string of the molecule is COc1cc([C@H](CC(=O)Nc2cccc(Cl)c2)c2c(O)cc(C)oc2=O)cc2c1OCO2. The van der Waals surface area contributed by atoms with Gasteiger partial charge >= 0.3 is 5.63 Å². The first-order valence-corrected chi connectivity index (χ1v) is 10.1. The van der Waals surface area contributed by atoms with Crippen LogP contribution in [0.4, 0.5) is 5.69 Å². The number of benzene rings is 2. The minimum Gasteiger partial charge on any atom is -0.507 e. The summed E-state index contributed by atoms with van der Waals surface area (Å²) < 4.78 is 21.5. The van der Waals surface area contributed by atoms with Crippen LogP contribution < -0.4 is 25.2 Å². The average molecular weight is 458 g/mol. The second-order valence-corrected chi connectivity index (χ2v) is 7.65. The Morgan fingerprint density at radius 1 is 1.25 bits per heavy atom. The predicted molar refractivity (Wildman–Crippen MR) is 117 cm³/mol. The maximum atomic E-state index is 12.9. The van der Waals surface area contributed by atoms with Crippen LogP contribution in [-0.4, -0.2) is 24.9 Å². The number of rotatable bonds is 6. The number of methoxy groups -OCH3 is 1. The number of carbonyl (C=O) groups is 1. The number of carbonyl (C=O) groups excluding carboxylic acids is 1. The van der Waals surface area contributed by atoms with E-state index < -0.39 is 17.5 Å². The van der Waals surface area contributed by atoms with E-state index in [4.69, 9.17) is 30.2 Å². The molecular weight excluding hydrogens is 438 g/mol. The van der Waals surface area contributed by atoms with Crippen LogP contribution in [0.3, 0.4) is 0 Å². The van der Waals surface area contributed by atoms with E-state index >= 15 is 0 Å². The molecule has 1 aliphatic heterocycles. The number of aromatic hydroxyl groups is 1. The maximum absolute atomic E-state index is 12.9. The predicted octanol–water partition coefficient (Wildman–Crippen LogP) is 4.21. The van der Waals surface area contributed by atoms with Crippen LogP contribution >= 0.6 is 11.6 Å². The molecule has 2 aromatic carbocycles. The molecule has 0 fully saturated rings. The zero-order valence-electron chi connectivity index (χ0n) is 17.3. The molecule has 0 aliphatic carbocycles. The van der Waals surface area contributed by atoms with Crippen molar-refractivity contribution in [2.45, 2.75) is 19.3 Å². The summed E-state index contributed by atoms with van der Waals surface area (Å²) in [5.41, 5.74) is 0.237. The largest absolute Gasteiger partial charge is 0.507 e. The van der Waals surface area contributed by atoms with Crippen molar-refractivity contribution in [3.8, 4) is 23.0 Å². The van der Waals surface area contributed by atoms with E-state index in [9.17, 15) is 14.7 Å². The quantitative estimate of drug-likeness (QED) is 0.571. The van der Waals surface area contributed by atoms with Gasteiger partial charge in [0.05, 0.1) is 12.7 Å². The van der Waals surface area contributed by atoms with Gasteiger partial charge in [-0.15, -0.1) is 0 Å². The smallest absolute Gasteiger partial charge is 0.343 e. The summed E-state index contributed by atoms with van der Waals surface area (Å²) in [6.45, 7) is 1.57. The fraction of sp³-hybridized carbons (Fsp3) is 0.217. The Balaban J connectivity index is 1.76. The zero-order chi connectivity index (χ0) is 22.8. The molecule has 0 bridgehead atoms. The molecule has 2 N–H and O–H groups in total. The monoisotopic (exact) mass is 457 g/mol. The molecule has 1 amide bonds. The minimum atomic E-state index is -0.852. The van der Waals surface area contributed by atoms with E-state index in [0.29, 0.717) is 33.5 Å². The van der Waals surface area contributed by atoms with Gasteiger partial charge in [-0.1, -0.05) is 17.7 Å². The molecule has 0 saturated carbocycles. The number of amides is 1. The first-order chi connectivity index (χ1) is 15.4. The number of hydrogen-bond acceptors (Lipinski definition) is 7. The summed E-state index contributed by atoms with van der Waals surface area (Å²) in [5.74, 6) is -0.0411. The molecule has 2 heterocycles. The van der Waals surface area contributed by atoms with E-state index in [0.717, 1.165) is 0 Å². The van der Waals surface area contributed by atoms with Crippen LogP contribution in [0.5, 0.6) is 23.0 Å². The Kier molecular flexibility index (Phi) is 5.96. The minimum absolute atomic E-state index is 0.0208. The van der Waals surface area contributed by atoms with E-state index in [1.165, 1.54) is 13.2 Å². The lowest BCUT2D eigenvalue weighted by molar-refractivity contribution is -0.116. The van der Waals surface area contributed by atoms with Crippen molar-refractivity contribution in [1.29, 1.82) is 0 Å². The Labute approximate surface area is 188 Å². The van der Waals surface area contributed by atoms with Crippen LogP contribution in [0, 0.1) is 6.92 Å². The van der Waals surface area contributed by atoms with Gasteiger partial charge in [-0.3, -0.25) is 4.79 Å². The summed E-state index contributed by atoms with van der Waals surface area (Å²) in [5, 5.41) is 13.8. The molecule has 4 rings (SSSR count). The fourth-order valence-corrected chi connectivity index (χ4v) is 3.82. The molecule has 3 aromatic rings. The summed E-state index contributed by atoms with van der Waals surface area (Å²) in [4.78, 5) is 25.6. The van der Waals surface area contributed by atoms with Crippen LogP contribution in [0.25, 0.3) is 0 Å². The molecule has 0 spiro atoms. The Hall–Kier alpha value is -3.65. The standard InChI is InChI=1S/C23H20ClNO7/c1-12-6-17(26)21(23(28)32-12)16(10-20(27)25-15-5-3-4-14(24)9-15)13-7-18(29-2)22-19(8-13)30-11-31-22/h3-9,16,26H,10-11H2,1-2H3,(H,25,27)/t16-/m0/s1. The number of halogens is 1. The van der Waals surface area contributed by atoms with Gasteiger partial charge in [0, 0.05) is 29.1 Å². The molecule has 0 unspecified atom stereocenters. The van der Waals surface area contributed by atoms with Crippen molar-refractivity contribution >= 4 is 23.2 Å². The number of hydrogen-bond donors (Lipinski definition) is 2. The fourth-order valence-electron chi connectivity index (χ4n) is 3.63. The van der Waals surface area contributed by atoms with Gasteiger partial charge in [0.2, 0.25) is 18.4 Å². The molecule has 8 nitrogen and oxygen atoms in total. The molecule has 32 heavy (non-hydrogen) atoms. The third-order valence-corrected chi connectivity index (χ3v) is 5.25. The van der Waals surface area contributed by atoms with E-state index in [1.807, 2.05) is 0 Å². The highest BCUT2D eigenvalue weighted by molar-refractivity contribution is 6.30. The van der Waals surface area contributed by atoms with Gasteiger partial charge in [0.25, 0.3) is 0 Å². The van der Waals surface area contributed by atoms with Crippen molar-refractivity contribution < 1.29 is 28.5 Å². The maximum Gasteiger partial charge on any atom is 0.343 e. The third-order valence-electron chi connectivity index (χ3n) is 5.02. The van der Waals surface area contributed by atoms with Crippen LogP contribution in [0.1, 0.15) is 29.2 Å². The van der Waals surface area contributed by atoms with Gasteiger partial charge in [-0.2, -0.15) is 0 Å². The van der Waals surface area contributed by atoms with E-state index in [2.05, 4.69) is 5.32 Å². The van der Waals surface area contributed by atoms with Gasteiger partial charge in [-0.05, 0) is 42.8 Å². The number of aryl methyl sites for hydroxylation is 1. The third kappa shape index (κ3) is 4.36. The summed E-state index contributed by atoms with van der Waals surface area (Å²) in [6.07, 6.45) is -0.170. The summed E-state index contributed by atoms with van der Waals surface area (Å²) in [7, 11) is 1.47. The topological polar surface area (TPSA) is 107 Å². The second kappa shape index (κ2) is 8.84. The highest BCUT2D eigenvalue weighted by Crippen LogP contribution is 2.45. The summed E-state index contributed by atoms with van der Waals surface area (Å²) in [6, 6.07) is 11.3. The molecular formula is C23H20ClNO7. The summed E-state index contributed by atoms with van der Waals surface area (Å²) >= 11 is 5.99. The molecule has 1 atom stereocenters. The van der Waals surface area contributed by atoms with Crippen molar-refractivity contribution in [2.75, 3.05) is 19.2 Å². The lowest BCUT2D eigenvalue weighted by Gasteiger charge is -2.19. The molecule has 166 valence electrons.